The van der Waals surface area contributed by atoms with Crippen molar-refractivity contribution in [1.82, 2.24) is 4.98 Å². The van der Waals surface area contributed by atoms with Gasteiger partial charge in [0.15, 0.2) is 0 Å². The predicted molar refractivity (Wildman–Crippen MR) is 76.2 cm³/mol. The van der Waals surface area contributed by atoms with Crippen LogP contribution in [0.25, 0.3) is 0 Å². The average Bonchev–Trinajstić information content (AvgIpc) is 2.30. The summed E-state index contributed by atoms with van der Waals surface area (Å²) in [6.45, 7) is 0. The standard InChI is InChI=1S/C6H5N.C5H5N.4ClH.W/c7-6-4-2-1-3-5-6;1-2-4-6-5-3-1;;;;;/h1-5H;1-5H;4*1H;/q;;;;;;+4/p-4. The predicted octanol–water partition coefficient (Wildman–Crippen LogP) is 5.89. The summed E-state index contributed by atoms with van der Waals surface area (Å²) in [6.07, 6.45) is 3.50. The van der Waals surface area contributed by atoms with Crippen LogP contribution >= 0.6 is 37.7 Å². The van der Waals surface area contributed by atoms with Crippen LogP contribution in [0.2, 0.25) is 0 Å². The number of aromatic nitrogens is 1. The zero-order valence-electron chi connectivity index (χ0n) is 9.09. The van der Waals surface area contributed by atoms with Crippen LogP contribution < -0.4 is 0 Å². The van der Waals surface area contributed by atoms with Gasteiger partial charge in [-0.3, -0.25) is 4.98 Å². The quantitative estimate of drug-likeness (QED) is 0.484. The van der Waals surface area contributed by atoms with E-state index in [-0.39, 0.29) is 0 Å². The molecule has 0 saturated heterocycles. The fourth-order valence-corrected chi connectivity index (χ4v) is 5.15. The second-order valence-corrected chi connectivity index (χ2v) is 35.7. The van der Waals surface area contributed by atoms with Crippen LogP contribution in [-0.2, 0) is 10.5 Å². The molecule has 0 bridgehead atoms. The summed E-state index contributed by atoms with van der Waals surface area (Å²) in [6, 6.07) is 14.7. The molecule has 0 radical (unpaired) electrons. The molecule has 2 rings (SSSR count). The fourth-order valence-electron chi connectivity index (χ4n) is 0.961. The minimum Gasteiger partial charge on any atom is -0.265 e. The first-order chi connectivity index (χ1) is 8.33. The summed E-state index contributed by atoms with van der Waals surface area (Å²) in [7, 11) is 18.0. The van der Waals surface area contributed by atoms with E-state index in [1.54, 1.807) is 36.7 Å². The number of rotatable bonds is 1. The van der Waals surface area contributed by atoms with E-state index in [9.17, 15) is 0 Å². The van der Waals surface area contributed by atoms with Gasteiger partial charge in [0.1, 0.15) is 0 Å². The Hall–Kier alpha value is 0.0183. The Morgan fingerprint density at radius 2 is 1.28 bits per heavy atom. The van der Waals surface area contributed by atoms with E-state index < -0.39 is 10.5 Å². The molecule has 7 heteroatoms. The van der Waals surface area contributed by atoms with Crippen molar-refractivity contribution in [3.63, 3.8) is 0 Å². The van der Waals surface area contributed by atoms with Crippen LogP contribution in [-0.4, -0.2) is 4.98 Å². The van der Waals surface area contributed by atoms with Crippen molar-refractivity contribution >= 4 is 43.4 Å². The Morgan fingerprint density at radius 3 is 1.61 bits per heavy atom. The number of benzene rings is 1. The Kier molecular flexibility index (Phi) is 6.23. The molecule has 0 spiro atoms. The van der Waals surface area contributed by atoms with E-state index in [4.69, 9.17) is 37.7 Å². The summed E-state index contributed by atoms with van der Waals surface area (Å²) >= 11 is 0. The Balaban J connectivity index is 0.000000225. The molecule has 0 saturated carbocycles. The summed E-state index contributed by atoms with van der Waals surface area (Å²) in [5, 5.41) is 0. The van der Waals surface area contributed by atoms with Gasteiger partial charge in [-0.25, -0.2) is 0 Å². The summed E-state index contributed by atoms with van der Waals surface area (Å²) in [5.74, 6) is 0. The van der Waals surface area contributed by atoms with Crippen LogP contribution in [0.4, 0.5) is 5.69 Å². The van der Waals surface area contributed by atoms with Crippen molar-refractivity contribution in [2.24, 2.45) is 3.50 Å². The smallest absolute Gasteiger partial charge is 0.0267 e. The Morgan fingerprint density at radius 1 is 0.778 bits per heavy atom. The number of hydrogen-bond donors (Lipinski definition) is 0. The molecule has 0 atom stereocenters. The molecular formula is C11H10Cl4N2W. The molecule has 0 amide bonds. The zero-order valence-corrected chi connectivity index (χ0v) is 15.0. The normalized spacial score (nSPS) is 12.6. The number of nitrogens with zero attached hydrogens (tertiary/aromatic N) is 2. The van der Waals surface area contributed by atoms with Gasteiger partial charge in [-0.1, -0.05) is 6.07 Å². The van der Waals surface area contributed by atoms with Crippen molar-refractivity contribution in [1.29, 1.82) is 0 Å². The van der Waals surface area contributed by atoms with Gasteiger partial charge < -0.3 is 0 Å². The maximum atomic E-state index is 5.66. The number of halogens is 4. The fraction of sp³-hybridized carbons (Fsp3) is 0. The molecule has 1 heterocycles. The maximum absolute atomic E-state index is 5.66. The first kappa shape index (κ1) is 16.1. The molecule has 0 fully saturated rings. The van der Waals surface area contributed by atoms with E-state index in [1.165, 1.54) is 0 Å². The molecule has 2 nitrogen and oxygen atoms in total. The van der Waals surface area contributed by atoms with Gasteiger partial charge in [0.2, 0.25) is 0 Å². The molecule has 0 aliphatic rings. The Bertz CT molecular complexity index is 489. The minimum atomic E-state index is -4.65. The van der Waals surface area contributed by atoms with Gasteiger partial charge in [0.25, 0.3) is 0 Å². The third kappa shape index (κ3) is 9.02. The van der Waals surface area contributed by atoms with E-state index >= 15 is 0 Å². The maximum Gasteiger partial charge on any atom is 0.0267 e. The van der Waals surface area contributed by atoms with Gasteiger partial charge in [0.05, 0.1) is 0 Å². The molecule has 0 N–H and O–H groups in total. The molecule has 0 aliphatic heterocycles. The molecule has 98 valence electrons. The van der Waals surface area contributed by atoms with Crippen molar-refractivity contribution in [3.8, 4) is 0 Å². The van der Waals surface area contributed by atoms with Gasteiger partial charge >= 0.3 is 87.6 Å². The monoisotopic (exact) mass is 494 g/mol. The molecule has 1 aromatic heterocycles. The summed E-state index contributed by atoms with van der Waals surface area (Å²) in [5.41, 5.74) is 0.609. The summed E-state index contributed by atoms with van der Waals surface area (Å²) in [4.78, 5) is 3.78. The average molecular weight is 496 g/mol. The first-order valence-electron chi connectivity index (χ1n) is 4.78. The van der Waals surface area contributed by atoms with E-state index in [0.717, 1.165) is 0 Å². The molecule has 0 unspecified atom stereocenters. The molecule has 2 aromatic rings. The van der Waals surface area contributed by atoms with Crippen LogP contribution in [0, 0.1) is 0 Å². The number of hydrogen-bond acceptors (Lipinski definition) is 2. The van der Waals surface area contributed by atoms with Gasteiger partial charge in [-0.05, 0) is 12.1 Å². The van der Waals surface area contributed by atoms with Crippen LogP contribution in [0.1, 0.15) is 0 Å². The SMILES string of the molecule is [Cl][W]([Cl])([Cl])([Cl])=[N]c1ccccc1.c1ccncc1. The molecule has 18 heavy (non-hydrogen) atoms. The second-order valence-electron chi connectivity index (χ2n) is 3.08. The van der Waals surface area contributed by atoms with E-state index in [2.05, 4.69) is 8.48 Å². The van der Waals surface area contributed by atoms with Crippen molar-refractivity contribution in [3.05, 3.63) is 60.9 Å². The van der Waals surface area contributed by atoms with Crippen molar-refractivity contribution < 1.29 is 10.5 Å². The van der Waals surface area contributed by atoms with Crippen LogP contribution in [0.15, 0.2) is 64.4 Å². The zero-order chi connectivity index (χ0) is 13.5. The third-order valence-electron chi connectivity index (χ3n) is 1.57. The van der Waals surface area contributed by atoms with E-state index in [0.29, 0.717) is 5.69 Å². The van der Waals surface area contributed by atoms with Gasteiger partial charge in [0, 0.05) is 12.4 Å². The first-order valence-corrected chi connectivity index (χ1v) is 20.6. The molecule has 0 aliphatic carbocycles. The molecule has 1 aromatic carbocycles. The topological polar surface area (TPSA) is 25.2 Å². The van der Waals surface area contributed by atoms with Crippen molar-refractivity contribution in [2.75, 3.05) is 0 Å². The minimum absolute atomic E-state index is 0.609. The van der Waals surface area contributed by atoms with Crippen LogP contribution in [0.5, 0.6) is 0 Å². The third-order valence-corrected chi connectivity index (χ3v) is 5.57. The largest absolute Gasteiger partial charge is 0.265 e. The molecular weight excluding hydrogens is 486 g/mol. The number of pyridine rings is 1. The van der Waals surface area contributed by atoms with Crippen molar-refractivity contribution in [2.45, 2.75) is 0 Å². The van der Waals surface area contributed by atoms with Gasteiger partial charge in [-0.2, -0.15) is 0 Å². The second kappa shape index (κ2) is 6.98. The van der Waals surface area contributed by atoms with E-state index in [1.807, 2.05) is 24.3 Å². The van der Waals surface area contributed by atoms with Gasteiger partial charge in [-0.15, -0.1) is 0 Å². The van der Waals surface area contributed by atoms with Crippen LogP contribution in [0.3, 0.4) is 0 Å². The Labute approximate surface area is 122 Å². The summed E-state index contributed by atoms with van der Waals surface area (Å²) < 4.78 is 3.89.